The van der Waals surface area contributed by atoms with Gasteiger partial charge in [0.25, 0.3) is 0 Å². The molecule has 5 heteroatoms. The van der Waals surface area contributed by atoms with E-state index in [-0.39, 0.29) is 0 Å². The molecule has 0 unspecified atom stereocenters. The predicted octanol–water partition coefficient (Wildman–Crippen LogP) is 1.98. The van der Waals surface area contributed by atoms with Crippen molar-refractivity contribution in [2.75, 3.05) is 10.6 Å². The van der Waals surface area contributed by atoms with Crippen LogP contribution in [0.25, 0.3) is 0 Å². The highest BCUT2D eigenvalue weighted by molar-refractivity contribution is 6.41. The van der Waals surface area contributed by atoms with E-state index < -0.39 is 11.8 Å². The Hall–Kier alpha value is -2.82. The molecule has 0 spiro atoms. The van der Waals surface area contributed by atoms with Gasteiger partial charge in [-0.25, -0.2) is 0 Å². The zero-order valence-electron chi connectivity index (χ0n) is 11.7. The molecule has 0 bridgehead atoms. The number of rotatable bonds is 3. The van der Waals surface area contributed by atoms with Crippen LogP contribution in [0.1, 0.15) is 12.5 Å². The fraction of sp³-hybridized carbons (Fsp3) is 0.125. The number of carbonyl (C=O) groups excluding carboxylic acids is 2. The zero-order valence-corrected chi connectivity index (χ0v) is 11.7. The monoisotopic (exact) mass is 283 g/mol. The molecular formula is C16H17N3O2. The van der Waals surface area contributed by atoms with Gasteiger partial charge in [-0.2, -0.15) is 0 Å². The molecule has 0 aromatic heterocycles. The van der Waals surface area contributed by atoms with Crippen molar-refractivity contribution in [3.05, 3.63) is 54.1 Å². The summed E-state index contributed by atoms with van der Waals surface area (Å²) in [5.74, 6) is -1.80. The molecule has 0 radical (unpaired) electrons. The van der Waals surface area contributed by atoms with Gasteiger partial charge in [-0.05, 0) is 36.2 Å². The fourth-order valence-electron chi connectivity index (χ4n) is 2.17. The van der Waals surface area contributed by atoms with Crippen LogP contribution in [0.2, 0.25) is 0 Å². The quantitative estimate of drug-likeness (QED) is 0.666. The van der Waals surface area contributed by atoms with Gasteiger partial charge in [-0.1, -0.05) is 31.2 Å². The molecule has 2 amide bonds. The van der Waals surface area contributed by atoms with E-state index in [0.717, 1.165) is 12.0 Å². The maximum absolute atomic E-state index is 12.2. The summed E-state index contributed by atoms with van der Waals surface area (Å²) < 4.78 is 0. The van der Waals surface area contributed by atoms with E-state index in [0.29, 0.717) is 17.1 Å². The first-order valence-electron chi connectivity index (χ1n) is 6.62. The van der Waals surface area contributed by atoms with Gasteiger partial charge in [-0.3, -0.25) is 14.5 Å². The van der Waals surface area contributed by atoms with Gasteiger partial charge >= 0.3 is 11.8 Å². The first-order valence-corrected chi connectivity index (χ1v) is 6.62. The summed E-state index contributed by atoms with van der Waals surface area (Å²) in [6.45, 7) is 1.98. The number of hydrogen-bond acceptors (Lipinski definition) is 3. The Bertz CT molecular complexity index is 683. The highest BCUT2D eigenvalue weighted by Crippen LogP contribution is 2.30. The van der Waals surface area contributed by atoms with Gasteiger partial charge in [0.2, 0.25) is 0 Å². The van der Waals surface area contributed by atoms with E-state index in [1.807, 2.05) is 25.1 Å². The smallest absolute Gasteiger partial charge is 0.320 e. The highest BCUT2D eigenvalue weighted by Gasteiger charge is 2.24. The van der Waals surface area contributed by atoms with Crippen LogP contribution in [0, 0.1) is 0 Å². The molecular weight excluding hydrogens is 266 g/mol. The van der Waals surface area contributed by atoms with Crippen molar-refractivity contribution in [2.24, 2.45) is 5.73 Å². The maximum Gasteiger partial charge on any atom is 0.320 e. The Labute approximate surface area is 123 Å². The summed E-state index contributed by atoms with van der Waals surface area (Å²) in [7, 11) is 0. The summed E-state index contributed by atoms with van der Waals surface area (Å²) in [6, 6.07) is 14.2. The molecule has 2 aromatic rings. The SMILES string of the molecule is CCc1ccccc1N(C(=O)C(N)=O)c1cccc(N)c1. The average Bonchev–Trinajstić information content (AvgIpc) is 2.48. The highest BCUT2D eigenvalue weighted by atomic mass is 16.2. The van der Waals surface area contributed by atoms with Crippen LogP contribution in [0.3, 0.4) is 0 Å². The first-order chi connectivity index (χ1) is 10.0. The maximum atomic E-state index is 12.2. The minimum absolute atomic E-state index is 0.503. The molecule has 0 aliphatic heterocycles. The van der Waals surface area contributed by atoms with Crippen LogP contribution in [0.15, 0.2) is 48.5 Å². The standard InChI is InChI=1S/C16H17N3O2/c1-2-11-6-3-4-9-14(11)19(16(21)15(18)20)13-8-5-7-12(17)10-13/h3-10H,2,17H2,1H3,(H2,18,20). The zero-order chi connectivity index (χ0) is 15.4. The van der Waals surface area contributed by atoms with Crippen LogP contribution >= 0.6 is 0 Å². The fourth-order valence-corrected chi connectivity index (χ4v) is 2.17. The van der Waals surface area contributed by atoms with Gasteiger partial charge in [-0.15, -0.1) is 0 Å². The molecule has 5 nitrogen and oxygen atoms in total. The summed E-state index contributed by atoms with van der Waals surface area (Å²) in [5.41, 5.74) is 13.5. The van der Waals surface area contributed by atoms with Crippen LogP contribution in [0.4, 0.5) is 17.1 Å². The number of amides is 2. The molecule has 2 rings (SSSR count). The van der Waals surface area contributed by atoms with Crippen LogP contribution in [-0.2, 0) is 16.0 Å². The second-order valence-corrected chi connectivity index (χ2v) is 4.58. The minimum Gasteiger partial charge on any atom is -0.399 e. The average molecular weight is 283 g/mol. The minimum atomic E-state index is -1.01. The predicted molar refractivity (Wildman–Crippen MR) is 83.0 cm³/mol. The lowest BCUT2D eigenvalue weighted by Gasteiger charge is -2.24. The van der Waals surface area contributed by atoms with Crippen LogP contribution in [-0.4, -0.2) is 11.8 Å². The Kier molecular flexibility index (Phi) is 4.23. The van der Waals surface area contributed by atoms with Crippen molar-refractivity contribution in [1.82, 2.24) is 0 Å². The summed E-state index contributed by atoms with van der Waals surface area (Å²) >= 11 is 0. The number of nitrogens with two attached hydrogens (primary N) is 2. The van der Waals surface area contributed by atoms with Crippen LogP contribution < -0.4 is 16.4 Å². The first kappa shape index (κ1) is 14.6. The molecule has 0 aliphatic rings. The third-order valence-corrected chi connectivity index (χ3v) is 3.16. The second-order valence-electron chi connectivity index (χ2n) is 4.58. The Morgan fingerprint density at radius 3 is 2.43 bits per heavy atom. The lowest BCUT2D eigenvalue weighted by Crippen LogP contribution is -2.37. The Balaban J connectivity index is 2.61. The molecule has 0 saturated carbocycles. The normalized spacial score (nSPS) is 10.1. The van der Waals surface area contributed by atoms with E-state index in [2.05, 4.69) is 0 Å². The number of benzene rings is 2. The van der Waals surface area contributed by atoms with Crippen LogP contribution in [0.5, 0.6) is 0 Å². The molecule has 0 fully saturated rings. The van der Waals surface area contributed by atoms with E-state index in [1.165, 1.54) is 4.90 Å². The Morgan fingerprint density at radius 2 is 1.81 bits per heavy atom. The van der Waals surface area contributed by atoms with E-state index in [9.17, 15) is 9.59 Å². The number of hydrogen-bond donors (Lipinski definition) is 2. The molecule has 0 heterocycles. The molecule has 0 aliphatic carbocycles. The van der Waals surface area contributed by atoms with Gasteiger partial charge in [0.05, 0.1) is 11.4 Å². The summed E-state index contributed by atoms with van der Waals surface area (Å²) in [4.78, 5) is 24.9. The number of nitrogens with zero attached hydrogens (tertiary/aromatic N) is 1. The van der Waals surface area contributed by atoms with Gasteiger partial charge < -0.3 is 11.5 Å². The van der Waals surface area contributed by atoms with Crippen molar-refractivity contribution in [2.45, 2.75) is 13.3 Å². The number of carbonyl (C=O) groups is 2. The topological polar surface area (TPSA) is 89.4 Å². The third-order valence-electron chi connectivity index (χ3n) is 3.16. The molecule has 0 atom stereocenters. The van der Waals surface area contributed by atoms with Crippen molar-refractivity contribution >= 4 is 28.9 Å². The summed E-state index contributed by atoms with van der Waals surface area (Å²) in [6.07, 6.45) is 0.723. The molecule has 4 N–H and O–H groups in total. The number of anilines is 3. The van der Waals surface area contributed by atoms with Gasteiger partial charge in [0, 0.05) is 5.69 Å². The van der Waals surface area contributed by atoms with Crippen molar-refractivity contribution < 1.29 is 9.59 Å². The van der Waals surface area contributed by atoms with E-state index in [4.69, 9.17) is 11.5 Å². The van der Waals surface area contributed by atoms with Crippen molar-refractivity contribution in [3.63, 3.8) is 0 Å². The van der Waals surface area contributed by atoms with Gasteiger partial charge in [0.15, 0.2) is 0 Å². The molecule has 108 valence electrons. The Morgan fingerprint density at radius 1 is 1.10 bits per heavy atom. The third kappa shape index (κ3) is 3.02. The largest absolute Gasteiger partial charge is 0.399 e. The van der Waals surface area contributed by atoms with E-state index in [1.54, 1.807) is 30.3 Å². The number of primary amides is 1. The van der Waals surface area contributed by atoms with Gasteiger partial charge in [0.1, 0.15) is 0 Å². The van der Waals surface area contributed by atoms with Crippen molar-refractivity contribution in [1.29, 1.82) is 0 Å². The lowest BCUT2D eigenvalue weighted by atomic mass is 10.1. The second kappa shape index (κ2) is 6.09. The number of aryl methyl sites for hydroxylation is 1. The van der Waals surface area contributed by atoms with Crippen molar-refractivity contribution in [3.8, 4) is 0 Å². The molecule has 21 heavy (non-hydrogen) atoms. The lowest BCUT2D eigenvalue weighted by molar-refractivity contribution is -0.135. The van der Waals surface area contributed by atoms with E-state index >= 15 is 0 Å². The number of nitrogen functional groups attached to an aromatic ring is 1. The molecule has 2 aromatic carbocycles. The molecule has 0 saturated heterocycles. The summed E-state index contributed by atoms with van der Waals surface area (Å²) in [5, 5.41) is 0. The number of para-hydroxylation sites is 1.